The van der Waals surface area contributed by atoms with E-state index in [9.17, 15) is 0 Å². The first-order valence-electron chi connectivity index (χ1n) is 8.36. The van der Waals surface area contributed by atoms with Crippen molar-refractivity contribution in [2.24, 2.45) is 4.99 Å². The molecule has 0 saturated carbocycles. The lowest BCUT2D eigenvalue weighted by molar-refractivity contribution is 0.322. The number of aliphatic imine (C=N–C) groups is 1. The Kier molecular flexibility index (Phi) is 10.5. The van der Waals surface area contributed by atoms with Crippen LogP contribution in [0.3, 0.4) is 0 Å². The Balaban J connectivity index is 0.00000312. The molecule has 1 heterocycles. The first-order valence-corrected chi connectivity index (χ1v) is 9.18. The zero-order valence-corrected chi connectivity index (χ0v) is 18.2. The van der Waals surface area contributed by atoms with Crippen molar-refractivity contribution in [3.8, 4) is 5.75 Å². The summed E-state index contributed by atoms with van der Waals surface area (Å²) in [5.41, 5.74) is 1.23. The van der Waals surface area contributed by atoms with Gasteiger partial charge in [0.25, 0.3) is 0 Å². The lowest BCUT2D eigenvalue weighted by Crippen LogP contribution is -2.39. The van der Waals surface area contributed by atoms with E-state index in [0.29, 0.717) is 19.7 Å². The molecule has 5 nitrogen and oxygen atoms in total. The predicted octanol–water partition coefficient (Wildman–Crippen LogP) is 3.77. The number of nitrogens with zero attached hydrogens (tertiary/aromatic N) is 2. The van der Waals surface area contributed by atoms with E-state index in [1.54, 1.807) is 11.3 Å². The maximum Gasteiger partial charge on any atom is 0.191 e. The third-order valence-electron chi connectivity index (χ3n) is 3.35. The van der Waals surface area contributed by atoms with Crippen molar-refractivity contribution in [3.05, 3.63) is 45.9 Å². The summed E-state index contributed by atoms with van der Waals surface area (Å²) in [7, 11) is 0. The number of hydrogen-bond acceptors (Lipinski definition) is 4. The number of halogens is 1. The molecule has 0 aliphatic rings. The van der Waals surface area contributed by atoms with Gasteiger partial charge in [-0.05, 0) is 32.4 Å². The SMILES string of the molecule is CCNC(=NCc1ncc(CC)s1)NCCOc1ccc(C)cc1.I. The van der Waals surface area contributed by atoms with Crippen molar-refractivity contribution in [3.63, 3.8) is 0 Å². The van der Waals surface area contributed by atoms with E-state index >= 15 is 0 Å². The predicted molar refractivity (Wildman–Crippen MR) is 116 cm³/mol. The number of ether oxygens (including phenoxy) is 1. The van der Waals surface area contributed by atoms with Crippen molar-refractivity contribution < 1.29 is 4.74 Å². The van der Waals surface area contributed by atoms with E-state index < -0.39 is 0 Å². The molecule has 0 radical (unpaired) electrons. The topological polar surface area (TPSA) is 58.5 Å². The number of benzene rings is 1. The van der Waals surface area contributed by atoms with Crippen LogP contribution in [0.5, 0.6) is 5.75 Å². The molecule has 0 spiro atoms. The number of aromatic nitrogens is 1. The van der Waals surface area contributed by atoms with Gasteiger partial charge in [0.2, 0.25) is 0 Å². The fourth-order valence-corrected chi connectivity index (χ4v) is 2.83. The highest BCUT2D eigenvalue weighted by molar-refractivity contribution is 14.0. The molecule has 0 amide bonds. The third kappa shape index (κ3) is 8.04. The Bertz CT molecular complexity index is 643. The summed E-state index contributed by atoms with van der Waals surface area (Å²) in [5.74, 6) is 1.68. The van der Waals surface area contributed by atoms with E-state index in [2.05, 4.69) is 41.4 Å². The number of thiazole rings is 1. The Morgan fingerprint density at radius 2 is 1.96 bits per heavy atom. The molecule has 1 aromatic carbocycles. The molecule has 0 aliphatic carbocycles. The smallest absolute Gasteiger partial charge is 0.191 e. The standard InChI is InChI=1S/C18H26N4OS.HI/c1-4-16-12-21-17(24-16)13-22-18(19-5-2)20-10-11-23-15-8-6-14(3)7-9-15;/h6-9,12H,4-5,10-11,13H2,1-3H3,(H2,19,20,22);1H. The van der Waals surface area contributed by atoms with Gasteiger partial charge in [-0.1, -0.05) is 24.6 Å². The van der Waals surface area contributed by atoms with E-state index in [4.69, 9.17) is 4.74 Å². The van der Waals surface area contributed by atoms with Crippen LogP contribution in [-0.2, 0) is 13.0 Å². The zero-order valence-electron chi connectivity index (χ0n) is 15.0. The molecule has 0 saturated heterocycles. The highest BCUT2D eigenvalue weighted by Gasteiger charge is 2.02. The second-order valence-electron chi connectivity index (χ2n) is 5.36. The summed E-state index contributed by atoms with van der Waals surface area (Å²) < 4.78 is 5.71. The molecule has 2 rings (SSSR count). The van der Waals surface area contributed by atoms with E-state index in [0.717, 1.165) is 29.7 Å². The third-order valence-corrected chi connectivity index (χ3v) is 4.48. The monoisotopic (exact) mass is 474 g/mol. The van der Waals surface area contributed by atoms with Gasteiger partial charge < -0.3 is 15.4 Å². The first kappa shape index (κ1) is 21.7. The number of hydrogen-bond donors (Lipinski definition) is 2. The van der Waals surface area contributed by atoms with Gasteiger partial charge in [-0.25, -0.2) is 9.98 Å². The van der Waals surface area contributed by atoms with Crippen LogP contribution in [0.25, 0.3) is 0 Å². The summed E-state index contributed by atoms with van der Waals surface area (Å²) in [6.45, 7) is 8.96. The molecule has 2 N–H and O–H groups in total. The highest BCUT2D eigenvalue weighted by Crippen LogP contribution is 2.14. The van der Waals surface area contributed by atoms with Gasteiger partial charge in [0, 0.05) is 17.6 Å². The molecule has 0 unspecified atom stereocenters. The normalized spacial score (nSPS) is 10.9. The van der Waals surface area contributed by atoms with Gasteiger partial charge in [-0.2, -0.15) is 0 Å². The van der Waals surface area contributed by atoms with Gasteiger partial charge in [0.15, 0.2) is 5.96 Å². The zero-order chi connectivity index (χ0) is 17.2. The molecular weight excluding hydrogens is 447 g/mol. The second kappa shape index (κ2) is 12.1. The van der Waals surface area contributed by atoms with Gasteiger partial charge in [0.1, 0.15) is 17.4 Å². The van der Waals surface area contributed by atoms with Crippen molar-refractivity contribution in [2.45, 2.75) is 33.7 Å². The van der Waals surface area contributed by atoms with E-state index in [1.165, 1.54) is 10.4 Å². The molecular formula is C18H27IN4OS. The van der Waals surface area contributed by atoms with Crippen LogP contribution in [0.1, 0.15) is 29.3 Å². The second-order valence-corrected chi connectivity index (χ2v) is 6.56. The summed E-state index contributed by atoms with van der Waals surface area (Å²) in [5, 5.41) is 7.57. The summed E-state index contributed by atoms with van der Waals surface area (Å²) in [6.07, 6.45) is 2.96. The number of rotatable bonds is 8. The summed E-state index contributed by atoms with van der Waals surface area (Å²) in [4.78, 5) is 10.3. The van der Waals surface area contributed by atoms with E-state index in [1.807, 2.05) is 30.5 Å². The molecule has 138 valence electrons. The molecule has 0 aliphatic heterocycles. The summed E-state index contributed by atoms with van der Waals surface area (Å²) >= 11 is 1.72. The number of aryl methyl sites for hydroxylation is 2. The lowest BCUT2D eigenvalue weighted by atomic mass is 10.2. The average molecular weight is 474 g/mol. The fraction of sp³-hybridized carbons (Fsp3) is 0.444. The molecule has 0 fully saturated rings. The van der Waals surface area contributed by atoms with Crippen LogP contribution in [0.4, 0.5) is 0 Å². The van der Waals surface area contributed by atoms with Crippen LogP contribution < -0.4 is 15.4 Å². The van der Waals surface area contributed by atoms with Crippen LogP contribution in [0.2, 0.25) is 0 Å². The number of nitrogens with one attached hydrogen (secondary N) is 2. The van der Waals surface area contributed by atoms with Gasteiger partial charge in [-0.15, -0.1) is 35.3 Å². The molecule has 0 atom stereocenters. The summed E-state index contributed by atoms with van der Waals surface area (Å²) in [6, 6.07) is 8.07. The molecule has 25 heavy (non-hydrogen) atoms. The molecule has 2 aromatic rings. The van der Waals surface area contributed by atoms with Gasteiger partial charge >= 0.3 is 0 Å². The minimum atomic E-state index is 0. The Labute approximate surface area is 171 Å². The average Bonchev–Trinajstić information content (AvgIpc) is 3.06. The van der Waals surface area contributed by atoms with Crippen molar-refractivity contribution >= 4 is 41.3 Å². The first-order chi connectivity index (χ1) is 11.7. The maximum absolute atomic E-state index is 5.71. The van der Waals surface area contributed by atoms with Crippen molar-refractivity contribution in [1.82, 2.24) is 15.6 Å². The highest BCUT2D eigenvalue weighted by atomic mass is 127. The minimum absolute atomic E-state index is 0. The van der Waals surface area contributed by atoms with Crippen LogP contribution in [0.15, 0.2) is 35.5 Å². The Morgan fingerprint density at radius 1 is 1.20 bits per heavy atom. The maximum atomic E-state index is 5.71. The molecule has 7 heteroatoms. The number of guanidine groups is 1. The van der Waals surface area contributed by atoms with E-state index in [-0.39, 0.29) is 24.0 Å². The molecule has 1 aromatic heterocycles. The Hall–Kier alpha value is -1.35. The quantitative estimate of drug-likeness (QED) is 0.265. The fourth-order valence-electron chi connectivity index (χ4n) is 2.05. The van der Waals surface area contributed by atoms with Crippen LogP contribution in [0, 0.1) is 6.92 Å². The largest absolute Gasteiger partial charge is 0.492 e. The van der Waals surface area contributed by atoms with Crippen molar-refractivity contribution in [1.29, 1.82) is 0 Å². The van der Waals surface area contributed by atoms with Gasteiger partial charge in [-0.3, -0.25) is 0 Å². The van der Waals surface area contributed by atoms with Crippen LogP contribution in [-0.4, -0.2) is 30.6 Å². The van der Waals surface area contributed by atoms with Crippen LogP contribution >= 0.6 is 35.3 Å². The van der Waals surface area contributed by atoms with Crippen molar-refractivity contribution in [2.75, 3.05) is 19.7 Å². The molecule has 0 bridgehead atoms. The Morgan fingerprint density at radius 3 is 2.60 bits per heavy atom. The van der Waals surface area contributed by atoms with Gasteiger partial charge in [0.05, 0.1) is 13.1 Å². The lowest BCUT2D eigenvalue weighted by Gasteiger charge is -2.12. The minimum Gasteiger partial charge on any atom is -0.492 e.